The van der Waals surface area contributed by atoms with Crippen LogP contribution in [0.2, 0.25) is 0 Å². The van der Waals surface area contributed by atoms with Crippen molar-refractivity contribution in [2.24, 2.45) is 11.7 Å². The predicted molar refractivity (Wildman–Crippen MR) is 120 cm³/mol. The molecule has 3 amide bonds. The molecule has 33 heavy (non-hydrogen) atoms. The number of nitriles is 1. The summed E-state index contributed by atoms with van der Waals surface area (Å²) >= 11 is 0. The van der Waals surface area contributed by atoms with Gasteiger partial charge in [-0.3, -0.25) is 19.3 Å². The molecule has 2 bridgehead atoms. The van der Waals surface area contributed by atoms with E-state index >= 15 is 0 Å². The zero-order valence-corrected chi connectivity index (χ0v) is 19.0. The number of benzene rings is 1. The Bertz CT molecular complexity index is 1020. The van der Waals surface area contributed by atoms with Crippen LogP contribution < -0.4 is 11.1 Å². The minimum Gasteiger partial charge on any atom is -0.355 e. The van der Waals surface area contributed by atoms with Gasteiger partial charge in [-0.1, -0.05) is 12.1 Å². The van der Waals surface area contributed by atoms with Crippen LogP contribution in [-0.2, 0) is 9.59 Å². The van der Waals surface area contributed by atoms with E-state index in [-0.39, 0.29) is 47.9 Å². The van der Waals surface area contributed by atoms with Gasteiger partial charge in [0.05, 0.1) is 24.2 Å². The van der Waals surface area contributed by atoms with E-state index in [1.165, 1.54) is 0 Å². The van der Waals surface area contributed by atoms with Crippen LogP contribution in [0, 0.1) is 17.2 Å². The van der Waals surface area contributed by atoms with Crippen molar-refractivity contribution in [2.45, 2.75) is 62.4 Å². The maximum atomic E-state index is 13.2. The van der Waals surface area contributed by atoms with Crippen LogP contribution in [0.1, 0.15) is 48.1 Å². The van der Waals surface area contributed by atoms with E-state index in [1.807, 2.05) is 28.9 Å². The molecule has 1 aliphatic carbocycles. The van der Waals surface area contributed by atoms with Crippen LogP contribution >= 0.6 is 0 Å². The fourth-order valence-electron chi connectivity index (χ4n) is 6.03. The molecule has 3 N–H and O–H groups in total. The standard InChI is InChI=1S/C24H30N6O3/c1-13(14-3-5-15(6-4-14)22(31)27-2)29-18-9-21(24(29)33)28(11-18)12-19(26)23(32)30-17(10-25)7-16-8-20(16)30/h3-6,13,16-21H,7-9,11-12,26H2,1-2H3,(H,27,31)/t13-,16+,17-,18+,19-,20?,21+/m0/s1. The third-order valence-electron chi connectivity index (χ3n) is 7.87. The average molecular weight is 451 g/mol. The SMILES string of the molecule is CNC(=O)c1ccc([C@H](C)N2C(=O)[C@H]3C[C@@H]2CN3C[C@H](N)C(=O)N2C3C[C@H]3C[C@H]2C#N)cc1. The highest BCUT2D eigenvalue weighted by molar-refractivity contribution is 5.94. The number of piperidine rings is 1. The van der Waals surface area contributed by atoms with Gasteiger partial charge in [0.2, 0.25) is 11.8 Å². The Hall–Kier alpha value is -2.96. The highest BCUT2D eigenvalue weighted by atomic mass is 16.2. The number of carbonyl (C=O) groups excluding carboxylic acids is 3. The third-order valence-corrected chi connectivity index (χ3v) is 7.87. The summed E-state index contributed by atoms with van der Waals surface area (Å²) in [7, 11) is 1.60. The molecule has 1 saturated carbocycles. The first-order valence-corrected chi connectivity index (χ1v) is 11.7. The van der Waals surface area contributed by atoms with Gasteiger partial charge in [-0.2, -0.15) is 5.26 Å². The maximum Gasteiger partial charge on any atom is 0.251 e. The Morgan fingerprint density at radius 1 is 1.24 bits per heavy atom. The minimum absolute atomic E-state index is 0.0621. The molecular weight excluding hydrogens is 420 g/mol. The fourth-order valence-corrected chi connectivity index (χ4v) is 6.03. The van der Waals surface area contributed by atoms with Crippen LogP contribution in [0.25, 0.3) is 0 Å². The van der Waals surface area contributed by atoms with Crippen molar-refractivity contribution < 1.29 is 14.4 Å². The number of piperazine rings is 1. The molecule has 0 radical (unpaired) electrons. The molecule has 3 aliphatic heterocycles. The summed E-state index contributed by atoms with van der Waals surface area (Å²) in [4.78, 5) is 43.7. The first-order valence-electron chi connectivity index (χ1n) is 11.7. The Kier molecular flexibility index (Phi) is 5.38. The van der Waals surface area contributed by atoms with Crippen LogP contribution in [0.4, 0.5) is 0 Å². The molecule has 1 aromatic carbocycles. The van der Waals surface area contributed by atoms with Gasteiger partial charge in [0.15, 0.2) is 0 Å². The summed E-state index contributed by atoms with van der Waals surface area (Å²) in [6.07, 6.45) is 2.46. The summed E-state index contributed by atoms with van der Waals surface area (Å²) in [5.41, 5.74) is 7.86. The number of nitrogens with two attached hydrogens (primary N) is 1. The van der Waals surface area contributed by atoms with Crippen molar-refractivity contribution in [2.75, 3.05) is 20.1 Å². The van der Waals surface area contributed by atoms with Crippen molar-refractivity contribution in [1.29, 1.82) is 5.26 Å². The summed E-state index contributed by atoms with van der Waals surface area (Å²) in [5.74, 6) is 0.213. The van der Waals surface area contributed by atoms with E-state index in [0.717, 1.165) is 24.8 Å². The Morgan fingerprint density at radius 2 is 1.97 bits per heavy atom. The molecule has 4 fully saturated rings. The first-order chi connectivity index (χ1) is 15.8. The molecule has 1 unspecified atom stereocenters. The molecule has 0 aromatic heterocycles. The number of amides is 3. The number of rotatable bonds is 6. The molecule has 3 saturated heterocycles. The summed E-state index contributed by atoms with van der Waals surface area (Å²) in [5, 5.41) is 12.0. The predicted octanol–water partition coefficient (Wildman–Crippen LogP) is 0.233. The number of fused-ring (bicyclic) bond motifs is 3. The van der Waals surface area contributed by atoms with Crippen molar-refractivity contribution in [1.82, 2.24) is 20.0 Å². The lowest BCUT2D eigenvalue weighted by Crippen LogP contribution is -2.57. The molecule has 5 rings (SSSR count). The second-order valence-corrected chi connectivity index (χ2v) is 9.78. The van der Waals surface area contributed by atoms with Crippen LogP contribution in [0.15, 0.2) is 24.3 Å². The van der Waals surface area contributed by atoms with E-state index in [9.17, 15) is 19.6 Å². The van der Waals surface area contributed by atoms with E-state index in [1.54, 1.807) is 24.1 Å². The lowest BCUT2D eigenvalue weighted by molar-refractivity contribution is -0.141. The molecule has 4 aliphatic rings. The van der Waals surface area contributed by atoms with Gasteiger partial charge in [-0.25, -0.2) is 0 Å². The summed E-state index contributed by atoms with van der Waals surface area (Å²) in [6, 6.07) is 8.38. The van der Waals surface area contributed by atoms with Crippen LogP contribution in [-0.4, -0.2) is 82.8 Å². The number of nitrogens with one attached hydrogen (secondary N) is 1. The second-order valence-electron chi connectivity index (χ2n) is 9.78. The van der Waals surface area contributed by atoms with E-state index < -0.39 is 6.04 Å². The van der Waals surface area contributed by atoms with Gasteiger partial charge in [0, 0.05) is 37.8 Å². The van der Waals surface area contributed by atoms with Gasteiger partial charge in [0.1, 0.15) is 6.04 Å². The Labute approximate surface area is 193 Å². The minimum atomic E-state index is -0.726. The lowest BCUT2D eigenvalue weighted by Gasteiger charge is -2.38. The zero-order valence-electron chi connectivity index (χ0n) is 19.0. The van der Waals surface area contributed by atoms with Crippen molar-refractivity contribution >= 4 is 17.7 Å². The molecule has 7 atom stereocenters. The monoisotopic (exact) mass is 450 g/mol. The number of nitrogens with zero attached hydrogens (tertiary/aromatic N) is 4. The average Bonchev–Trinajstić information content (AvgIpc) is 3.15. The maximum absolute atomic E-state index is 13.2. The van der Waals surface area contributed by atoms with Crippen molar-refractivity contribution in [3.05, 3.63) is 35.4 Å². The van der Waals surface area contributed by atoms with Crippen molar-refractivity contribution in [3.8, 4) is 6.07 Å². The number of hydrogen-bond acceptors (Lipinski definition) is 6. The highest BCUT2D eigenvalue weighted by Crippen LogP contribution is 2.48. The Morgan fingerprint density at radius 3 is 2.61 bits per heavy atom. The van der Waals surface area contributed by atoms with Gasteiger partial charge in [-0.05, 0) is 49.8 Å². The summed E-state index contributed by atoms with van der Waals surface area (Å²) < 4.78 is 0. The van der Waals surface area contributed by atoms with Crippen LogP contribution in [0.3, 0.4) is 0 Å². The molecule has 9 heteroatoms. The van der Waals surface area contributed by atoms with Gasteiger partial charge in [-0.15, -0.1) is 0 Å². The lowest BCUT2D eigenvalue weighted by atomic mass is 10.0. The molecular formula is C24H30N6O3. The topological polar surface area (TPSA) is 123 Å². The zero-order chi connectivity index (χ0) is 23.4. The van der Waals surface area contributed by atoms with E-state index in [4.69, 9.17) is 5.73 Å². The smallest absolute Gasteiger partial charge is 0.251 e. The second kappa shape index (κ2) is 8.12. The highest BCUT2D eigenvalue weighted by Gasteiger charge is 2.56. The van der Waals surface area contributed by atoms with Gasteiger partial charge in [0.25, 0.3) is 5.91 Å². The Balaban J connectivity index is 1.21. The largest absolute Gasteiger partial charge is 0.355 e. The van der Waals surface area contributed by atoms with Gasteiger partial charge >= 0.3 is 0 Å². The number of carbonyl (C=O) groups is 3. The quantitative estimate of drug-likeness (QED) is 0.640. The van der Waals surface area contributed by atoms with Crippen LogP contribution in [0.5, 0.6) is 0 Å². The molecule has 3 heterocycles. The fraction of sp³-hybridized carbons (Fsp3) is 0.583. The molecule has 0 spiro atoms. The van der Waals surface area contributed by atoms with E-state index in [0.29, 0.717) is 24.6 Å². The molecule has 9 nitrogen and oxygen atoms in total. The molecule has 1 aromatic rings. The normalized spacial score (nSPS) is 31.8. The number of likely N-dealkylation sites (tertiary alicyclic amines) is 3. The van der Waals surface area contributed by atoms with Crippen molar-refractivity contribution in [3.63, 3.8) is 0 Å². The first kappa shape index (κ1) is 21.9. The number of hydrogen-bond donors (Lipinski definition) is 2. The third kappa shape index (κ3) is 3.58. The summed E-state index contributed by atoms with van der Waals surface area (Å²) in [6.45, 7) is 3.03. The van der Waals surface area contributed by atoms with E-state index in [2.05, 4.69) is 11.4 Å². The van der Waals surface area contributed by atoms with Gasteiger partial charge < -0.3 is 20.9 Å². The molecule has 174 valence electrons.